The van der Waals surface area contributed by atoms with Crippen LogP contribution < -0.4 is 23.8 Å². The van der Waals surface area contributed by atoms with Crippen molar-refractivity contribution >= 4 is 27.3 Å². The fourth-order valence-corrected chi connectivity index (χ4v) is 4.19. The molecule has 168 valence electrons. The maximum Gasteiger partial charge on any atom is 0.267 e. The van der Waals surface area contributed by atoms with E-state index in [1.54, 1.807) is 30.3 Å². The number of benzene rings is 2. The molecule has 9 heteroatoms. The van der Waals surface area contributed by atoms with Crippen molar-refractivity contribution < 1.29 is 27.4 Å². The summed E-state index contributed by atoms with van der Waals surface area (Å²) < 4.78 is 42.6. The molecule has 1 aliphatic heterocycles. The van der Waals surface area contributed by atoms with E-state index in [0.717, 1.165) is 11.8 Å². The Morgan fingerprint density at radius 3 is 2.42 bits per heavy atom. The Kier molecular flexibility index (Phi) is 6.09. The van der Waals surface area contributed by atoms with Gasteiger partial charge in [-0.2, -0.15) is 0 Å². The zero-order valence-electron chi connectivity index (χ0n) is 18.6. The van der Waals surface area contributed by atoms with E-state index in [1.807, 2.05) is 26.8 Å². The van der Waals surface area contributed by atoms with Crippen molar-refractivity contribution in [3.05, 3.63) is 42.0 Å². The molecule has 0 aliphatic carbocycles. The van der Waals surface area contributed by atoms with Crippen LogP contribution in [0.1, 0.15) is 26.3 Å². The van der Waals surface area contributed by atoms with Crippen molar-refractivity contribution in [2.75, 3.05) is 36.6 Å². The number of carbonyl (C=O) groups is 1. The maximum atomic E-state index is 13.0. The lowest BCUT2D eigenvalue weighted by molar-refractivity contribution is -0.122. The number of carbonyl (C=O) groups excluding carboxylic acids is 1. The lowest BCUT2D eigenvalue weighted by Crippen LogP contribution is -2.48. The molecule has 0 fully saturated rings. The molecule has 2 aromatic carbocycles. The van der Waals surface area contributed by atoms with E-state index in [9.17, 15) is 13.2 Å². The Morgan fingerprint density at radius 2 is 1.84 bits per heavy atom. The lowest BCUT2D eigenvalue weighted by Gasteiger charge is -2.35. The van der Waals surface area contributed by atoms with E-state index in [-0.39, 0.29) is 12.0 Å². The molecule has 1 unspecified atom stereocenters. The zero-order chi connectivity index (χ0) is 23.0. The average Bonchev–Trinajstić information content (AvgIpc) is 2.71. The number of methoxy groups -OCH3 is 2. The fraction of sp³-hybridized carbons (Fsp3) is 0.409. The second-order valence-corrected chi connectivity index (χ2v) is 10.3. The van der Waals surface area contributed by atoms with Crippen molar-refractivity contribution in [2.45, 2.75) is 32.3 Å². The van der Waals surface area contributed by atoms with Crippen LogP contribution in [-0.2, 0) is 20.2 Å². The van der Waals surface area contributed by atoms with Crippen LogP contribution in [0.5, 0.6) is 17.2 Å². The number of anilines is 2. The van der Waals surface area contributed by atoms with Gasteiger partial charge in [-0.1, -0.05) is 26.8 Å². The van der Waals surface area contributed by atoms with Crippen molar-refractivity contribution in [2.24, 2.45) is 0 Å². The van der Waals surface area contributed by atoms with Crippen LogP contribution in [0.2, 0.25) is 0 Å². The van der Waals surface area contributed by atoms with E-state index < -0.39 is 22.0 Å². The summed E-state index contributed by atoms with van der Waals surface area (Å²) in [5.74, 6) is 0.850. The molecule has 0 saturated carbocycles. The van der Waals surface area contributed by atoms with Crippen molar-refractivity contribution in [3.8, 4) is 17.2 Å². The van der Waals surface area contributed by atoms with Crippen LogP contribution in [0.3, 0.4) is 0 Å². The minimum Gasteiger partial charge on any atom is -0.497 e. The van der Waals surface area contributed by atoms with Gasteiger partial charge in [0.05, 0.1) is 38.4 Å². The molecule has 1 N–H and O–H groups in total. The Morgan fingerprint density at radius 1 is 1.13 bits per heavy atom. The summed E-state index contributed by atoms with van der Waals surface area (Å²) in [5, 5.41) is 2.75. The predicted octanol–water partition coefficient (Wildman–Crippen LogP) is 3.17. The van der Waals surface area contributed by atoms with Crippen LogP contribution in [0.15, 0.2) is 36.4 Å². The van der Waals surface area contributed by atoms with E-state index in [2.05, 4.69) is 5.32 Å². The first-order valence-corrected chi connectivity index (χ1v) is 11.6. The molecule has 31 heavy (non-hydrogen) atoms. The molecule has 1 amide bonds. The monoisotopic (exact) mass is 448 g/mol. The number of sulfonamides is 1. The van der Waals surface area contributed by atoms with Gasteiger partial charge < -0.3 is 19.5 Å². The first-order valence-electron chi connectivity index (χ1n) is 9.76. The van der Waals surface area contributed by atoms with Crippen LogP contribution >= 0.6 is 0 Å². The van der Waals surface area contributed by atoms with Crippen LogP contribution in [0.25, 0.3) is 0 Å². The number of amides is 1. The molecule has 0 radical (unpaired) electrons. The summed E-state index contributed by atoms with van der Waals surface area (Å²) in [6.45, 7) is 5.99. The smallest absolute Gasteiger partial charge is 0.267 e. The molecule has 0 saturated heterocycles. The van der Waals surface area contributed by atoms with E-state index in [0.29, 0.717) is 28.6 Å². The van der Waals surface area contributed by atoms with Gasteiger partial charge in [0.1, 0.15) is 17.2 Å². The molecule has 3 rings (SSSR count). The molecule has 1 aliphatic rings. The Hall–Kier alpha value is -2.94. The van der Waals surface area contributed by atoms with E-state index >= 15 is 0 Å². The number of rotatable bonds is 5. The molecule has 0 aromatic heterocycles. The normalized spacial score (nSPS) is 16.2. The van der Waals surface area contributed by atoms with Crippen molar-refractivity contribution in [3.63, 3.8) is 0 Å². The molecular weight excluding hydrogens is 420 g/mol. The summed E-state index contributed by atoms with van der Waals surface area (Å²) >= 11 is 0. The highest BCUT2D eigenvalue weighted by Gasteiger charge is 2.36. The first kappa shape index (κ1) is 22.7. The summed E-state index contributed by atoms with van der Waals surface area (Å²) in [5.41, 5.74) is 1.66. The van der Waals surface area contributed by atoms with Crippen LogP contribution in [0.4, 0.5) is 11.4 Å². The minimum atomic E-state index is -3.63. The van der Waals surface area contributed by atoms with Gasteiger partial charge >= 0.3 is 0 Å². The highest BCUT2D eigenvalue weighted by atomic mass is 32.2. The molecule has 1 heterocycles. The van der Waals surface area contributed by atoms with Gasteiger partial charge in [0, 0.05) is 6.07 Å². The van der Waals surface area contributed by atoms with Crippen LogP contribution in [-0.4, -0.2) is 47.4 Å². The summed E-state index contributed by atoms with van der Waals surface area (Å²) in [7, 11) is -0.615. The molecular formula is C22H28N2O6S. The molecule has 0 bridgehead atoms. The number of nitrogens with zero attached hydrogens (tertiary/aromatic N) is 1. The number of ether oxygens (including phenoxy) is 3. The third-order valence-corrected chi connectivity index (χ3v) is 6.20. The van der Waals surface area contributed by atoms with Gasteiger partial charge in [-0.3, -0.25) is 9.10 Å². The molecule has 2 aromatic rings. The second-order valence-electron chi connectivity index (χ2n) is 8.39. The minimum absolute atomic E-state index is 0.135. The van der Waals surface area contributed by atoms with E-state index in [1.165, 1.54) is 18.5 Å². The number of hydrogen-bond acceptors (Lipinski definition) is 6. The zero-order valence-corrected chi connectivity index (χ0v) is 19.4. The second kappa shape index (κ2) is 8.30. The number of nitrogens with one attached hydrogen (secondary N) is 1. The standard InChI is InChI=1S/C22H28N2O6S/c1-22(2,3)14-7-10-18-17(11-14)24(31(6,26)27)13-20(30-18)21(25)23-16-9-8-15(28-4)12-19(16)29-5/h7-12,20H,13H2,1-6H3,(H,23,25). The molecule has 8 nitrogen and oxygen atoms in total. The van der Waals surface area contributed by atoms with Gasteiger partial charge in [-0.25, -0.2) is 8.42 Å². The Bertz CT molecular complexity index is 1090. The highest BCUT2D eigenvalue weighted by molar-refractivity contribution is 7.92. The van der Waals surface area contributed by atoms with Gasteiger partial charge in [0.25, 0.3) is 5.91 Å². The summed E-state index contributed by atoms with van der Waals surface area (Å²) in [6.07, 6.45) is 0.0855. The lowest BCUT2D eigenvalue weighted by atomic mass is 9.86. The number of fused-ring (bicyclic) bond motifs is 1. The topological polar surface area (TPSA) is 94.2 Å². The number of hydrogen-bond donors (Lipinski definition) is 1. The SMILES string of the molecule is COc1ccc(NC(=O)C2CN(S(C)(=O)=O)c3cc(C(C)(C)C)ccc3O2)c(OC)c1. The largest absolute Gasteiger partial charge is 0.497 e. The van der Waals surface area contributed by atoms with Gasteiger partial charge in [0.15, 0.2) is 6.10 Å². The quantitative estimate of drug-likeness (QED) is 0.755. The third kappa shape index (κ3) is 4.87. The molecule has 0 spiro atoms. The predicted molar refractivity (Wildman–Crippen MR) is 120 cm³/mol. The Balaban J connectivity index is 1.92. The van der Waals surface area contributed by atoms with Gasteiger partial charge in [-0.15, -0.1) is 0 Å². The first-order chi connectivity index (χ1) is 14.4. The Labute approximate surface area is 183 Å². The highest BCUT2D eigenvalue weighted by Crippen LogP contribution is 2.39. The summed E-state index contributed by atoms with van der Waals surface area (Å²) in [4.78, 5) is 13.0. The van der Waals surface area contributed by atoms with Crippen LogP contribution in [0, 0.1) is 0 Å². The average molecular weight is 449 g/mol. The van der Waals surface area contributed by atoms with Gasteiger partial charge in [-0.05, 0) is 35.2 Å². The molecule has 1 atom stereocenters. The maximum absolute atomic E-state index is 13.0. The van der Waals surface area contributed by atoms with Crippen molar-refractivity contribution in [1.29, 1.82) is 0 Å². The third-order valence-electron chi connectivity index (χ3n) is 5.05. The van der Waals surface area contributed by atoms with Crippen molar-refractivity contribution in [1.82, 2.24) is 0 Å². The summed E-state index contributed by atoms with van der Waals surface area (Å²) in [6, 6.07) is 10.4. The van der Waals surface area contributed by atoms with E-state index in [4.69, 9.17) is 14.2 Å². The fourth-order valence-electron chi connectivity index (χ4n) is 3.28. The van der Waals surface area contributed by atoms with Gasteiger partial charge in [0.2, 0.25) is 10.0 Å².